The SMILES string of the molecule is CCCCNC(=O)c1cc(Nc2ccc(F)c(Cl)c2)ncn1. The van der Waals surface area contributed by atoms with Crippen LogP contribution in [-0.2, 0) is 0 Å². The second-order valence-electron chi connectivity index (χ2n) is 4.65. The second-order valence-corrected chi connectivity index (χ2v) is 5.06. The Balaban J connectivity index is 2.07. The molecule has 1 amide bonds. The number of halogens is 2. The standard InChI is InChI=1S/C15H16ClFN4O/c1-2-3-6-18-15(22)13-8-14(20-9-19-13)21-10-4-5-12(17)11(16)7-10/h4-5,7-9H,2-3,6H2,1H3,(H,18,22)(H,19,20,21). The quantitative estimate of drug-likeness (QED) is 0.798. The van der Waals surface area contributed by atoms with Crippen molar-refractivity contribution in [3.63, 3.8) is 0 Å². The number of carbonyl (C=O) groups excluding carboxylic acids is 1. The highest BCUT2D eigenvalue weighted by Crippen LogP contribution is 2.21. The lowest BCUT2D eigenvalue weighted by atomic mass is 10.3. The molecule has 0 bridgehead atoms. The Bertz CT molecular complexity index is 666. The molecule has 0 aliphatic rings. The molecule has 1 aromatic heterocycles. The number of hydrogen-bond donors (Lipinski definition) is 2. The number of rotatable bonds is 6. The van der Waals surface area contributed by atoms with Crippen LogP contribution >= 0.6 is 11.6 Å². The average Bonchev–Trinajstić information content (AvgIpc) is 2.51. The van der Waals surface area contributed by atoms with Crippen molar-refractivity contribution in [3.05, 3.63) is 47.1 Å². The van der Waals surface area contributed by atoms with E-state index in [0.717, 1.165) is 12.8 Å². The summed E-state index contributed by atoms with van der Waals surface area (Å²) in [5.41, 5.74) is 0.837. The molecule has 0 radical (unpaired) electrons. The first-order valence-electron chi connectivity index (χ1n) is 6.92. The summed E-state index contributed by atoms with van der Waals surface area (Å²) in [6.07, 6.45) is 3.21. The van der Waals surface area contributed by atoms with Crippen LogP contribution in [0.25, 0.3) is 0 Å². The van der Waals surface area contributed by atoms with Crippen LogP contribution in [0, 0.1) is 5.82 Å². The van der Waals surface area contributed by atoms with Gasteiger partial charge in [-0.1, -0.05) is 24.9 Å². The van der Waals surface area contributed by atoms with Crippen molar-refractivity contribution >= 4 is 29.0 Å². The normalized spacial score (nSPS) is 10.3. The Labute approximate surface area is 132 Å². The van der Waals surface area contributed by atoms with Crippen molar-refractivity contribution < 1.29 is 9.18 Å². The lowest BCUT2D eigenvalue weighted by Crippen LogP contribution is -2.25. The van der Waals surface area contributed by atoms with Gasteiger partial charge in [-0.2, -0.15) is 0 Å². The van der Waals surface area contributed by atoms with Gasteiger partial charge in [-0.3, -0.25) is 4.79 Å². The van der Waals surface area contributed by atoms with Crippen molar-refractivity contribution in [1.82, 2.24) is 15.3 Å². The van der Waals surface area contributed by atoms with E-state index in [1.807, 2.05) is 6.92 Å². The molecule has 1 heterocycles. The predicted octanol–water partition coefficient (Wildman–Crippen LogP) is 3.54. The molecule has 0 saturated carbocycles. The monoisotopic (exact) mass is 322 g/mol. The highest BCUT2D eigenvalue weighted by molar-refractivity contribution is 6.31. The summed E-state index contributed by atoms with van der Waals surface area (Å²) in [4.78, 5) is 19.9. The van der Waals surface area contributed by atoms with Gasteiger partial charge in [-0.25, -0.2) is 14.4 Å². The Morgan fingerprint density at radius 1 is 1.32 bits per heavy atom. The molecule has 0 saturated heterocycles. The topological polar surface area (TPSA) is 66.9 Å². The van der Waals surface area contributed by atoms with E-state index in [1.165, 1.54) is 30.6 Å². The maximum atomic E-state index is 13.1. The first-order chi connectivity index (χ1) is 10.6. The van der Waals surface area contributed by atoms with Crippen molar-refractivity contribution in [2.24, 2.45) is 0 Å². The Hall–Kier alpha value is -2.21. The van der Waals surface area contributed by atoms with Crippen LogP contribution < -0.4 is 10.6 Å². The zero-order valence-corrected chi connectivity index (χ0v) is 12.8. The Kier molecular flexibility index (Phi) is 5.66. The largest absolute Gasteiger partial charge is 0.351 e. The minimum absolute atomic E-state index is 0.0107. The smallest absolute Gasteiger partial charge is 0.270 e. The molecule has 2 rings (SSSR count). The summed E-state index contributed by atoms with van der Waals surface area (Å²) in [5.74, 6) is -0.319. The van der Waals surface area contributed by atoms with E-state index in [1.54, 1.807) is 0 Å². The third-order valence-electron chi connectivity index (χ3n) is 2.91. The molecule has 1 aromatic carbocycles. The number of anilines is 2. The minimum atomic E-state index is -0.495. The van der Waals surface area contributed by atoms with Crippen LogP contribution in [0.1, 0.15) is 30.3 Å². The van der Waals surface area contributed by atoms with Crippen molar-refractivity contribution in [2.75, 3.05) is 11.9 Å². The Morgan fingerprint density at radius 3 is 2.86 bits per heavy atom. The molecule has 0 unspecified atom stereocenters. The highest BCUT2D eigenvalue weighted by atomic mass is 35.5. The molecule has 0 spiro atoms. The number of nitrogens with zero attached hydrogens (tertiary/aromatic N) is 2. The van der Waals surface area contributed by atoms with E-state index < -0.39 is 5.82 Å². The molecule has 0 fully saturated rings. The fraction of sp³-hybridized carbons (Fsp3) is 0.267. The molecule has 2 N–H and O–H groups in total. The highest BCUT2D eigenvalue weighted by Gasteiger charge is 2.08. The third-order valence-corrected chi connectivity index (χ3v) is 3.20. The van der Waals surface area contributed by atoms with E-state index in [2.05, 4.69) is 20.6 Å². The lowest BCUT2D eigenvalue weighted by molar-refractivity contribution is 0.0948. The zero-order chi connectivity index (χ0) is 15.9. The van der Waals surface area contributed by atoms with E-state index in [9.17, 15) is 9.18 Å². The number of unbranched alkanes of at least 4 members (excludes halogenated alkanes) is 1. The fourth-order valence-corrected chi connectivity index (χ4v) is 1.92. The van der Waals surface area contributed by atoms with Crippen LogP contribution in [0.2, 0.25) is 5.02 Å². The van der Waals surface area contributed by atoms with Gasteiger partial charge in [0.15, 0.2) is 0 Å². The molecule has 5 nitrogen and oxygen atoms in total. The lowest BCUT2D eigenvalue weighted by Gasteiger charge is -2.08. The second kappa shape index (κ2) is 7.70. The first kappa shape index (κ1) is 16.2. The van der Waals surface area contributed by atoms with Crippen LogP contribution in [0.3, 0.4) is 0 Å². The van der Waals surface area contributed by atoms with E-state index >= 15 is 0 Å². The molecule has 22 heavy (non-hydrogen) atoms. The average molecular weight is 323 g/mol. The van der Waals surface area contributed by atoms with E-state index in [4.69, 9.17) is 11.6 Å². The van der Waals surface area contributed by atoms with Gasteiger partial charge >= 0.3 is 0 Å². The summed E-state index contributed by atoms with van der Waals surface area (Å²) < 4.78 is 13.1. The summed E-state index contributed by atoms with van der Waals surface area (Å²) in [6.45, 7) is 2.66. The number of hydrogen-bond acceptors (Lipinski definition) is 4. The van der Waals surface area contributed by atoms with Gasteiger partial charge < -0.3 is 10.6 Å². The number of benzene rings is 1. The number of nitrogens with one attached hydrogen (secondary N) is 2. The minimum Gasteiger partial charge on any atom is -0.351 e. The van der Waals surface area contributed by atoms with Crippen molar-refractivity contribution in [2.45, 2.75) is 19.8 Å². The molecule has 2 aromatic rings. The van der Waals surface area contributed by atoms with E-state index in [0.29, 0.717) is 18.1 Å². The van der Waals surface area contributed by atoms with Gasteiger partial charge in [0.05, 0.1) is 5.02 Å². The van der Waals surface area contributed by atoms with Gasteiger partial charge in [0.1, 0.15) is 23.7 Å². The third kappa shape index (κ3) is 4.39. The van der Waals surface area contributed by atoms with E-state index in [-0.39, 0.29) is 16.6 Å². The van der Waals surface area contributed by atoms with Gasteiger partial charge in [0.2, 0.25) is 0 Å². The van der Waals surface area contributed by atoms with Gasteiger partial charge in [0.25, 0.3) is 5.91 Å². The predicted molar refractivity (Wildman–Crippen MR) is 84.0 cm³/mol. The van der Waals surface area contributed by atoms with Gasteiger partial charge in [-0.05, 0) is 24.6 Å². The van der Waals surface area contributed by atoms with Gasteiger partial charge in [-0.15, -0.1) is 0 Å². The molecule has 0 atom stereocenters. The number of aromatic nitrogens is 2. The van der Waals surface area contributed by atoms with Crippen molar-refractivity contribution in [3.8, 4) is 0 Å². The van der Waals surface area contributed by atoms with Crippen LogP contribution in [-0.4, -0.2) is 22.4 Å². The molecular formula is C15H16ClFN4O. The van der Waals surface area contributed by atoms with Crippen LogP contribution in [0.4, 0.5) is 15.9 Å². The summed E-state index contributed by atoms with van der Waals surface area (Å²) in [7, 11) is 0. The summed E-state index contributed by atoms with van der Waals surface area (Å²) in [5, 5.41) is 5.74. The Morgan fingerprint density at radius 2 is 2.14 bits per heavy atom. The molecule has 7 heteroatoms. The van der Waals surface area contributed by atoms with Crippen LogP contribution in [0.15, 0.2) is 30.6 Å². The summed E-state index contributed by atoms with van der Waals surface area (Å²) in [6, 6.07) is 5.76. The number of carbonyl (C=O) groups is 1. The van der Waals surface area contributed by atoms with Gasteiger partial charge in [0, 0.05) is 18.3 Å². The maximum absolute atomic E-state index is 13.1. The number of amides is 1. The van der Waals surface area contributed by atoms with Crippen molar-refractivity contribution in [1.29, 1.82) is 0 Å². The molecule has 116 valence electrons. The molecular weight excluding hydrogens is 307 g/mol. The fourth-order valence-electron chi connectivity index (χ4n) is 1.74. The molecule has 0 aliphatic heterocycles. The summed E-state index contributed by atoms with van der Waals surface area (Å²) >= 11 is 5.72. The van der Waals surface area contributed by atoms with Crippen LogP contribution in [0.5, 0.6) is 0 Å². The maximum Gasteiger partial charge on any atom is 0.270 e. The molecule has 0 aliphatic carbocycles. The zero-order valence-electron chi connectivity index (χ0n) is 12.1. The first-order valence-corrected chi connectivity index (χ1v) is 7.30.